The van der Waals surface area contributed by atoms with Crippen LogP contribution in [-0.4, -0.2) is 59.2 Å². The van der Waals surface area contributed by atoms with Crippen molar-refractivity contribution in [3.63, 3.8) is 0 Å². The Hall–Kier alpha value is -3.04. The van der Waals surface area contributed by atoms with Gasteiger partial charge in [-0.3, -0.25) is 10.1 Å². The second kappa shape index (κ2) is 14.4. The number of nitro groups is 1. The maximum absolute atomic E-state index is 11.6. The number of hydrogen-bond donors (Lipinski definition) is 5. The lowest BCUT2D eigenvalue weighted by atomic mass is 10.1. The Morgan fingerprint density at radius 1 is 1.06 bits per heavy atom. The highest BCUT2D eigenvalue weighted by atomic mass is 35.5. The van der Waals surface area contributed by atoms with Crippen LogP contribution in [-0.2, 0) is 0 Å². The summed E-state index contributed by atoms with van der Waals surface area (Å²) >= 11 is 0. The van der Waals surface area contributed by atoms with Gasteiger partial charge in [0.05, 0.1) is 18.1 Å². The summed E-state index contributed by atoms with van der Waals surface area (Å²) < 4.78 is 5.12. The second-order valence-electron chi connectivity index (χ2n) is 7.92. The van der Waals surface area contributed by atoms with E-state index in [1.54, 1.807) is 12.1 Å². The molecule has 12 N–H and O–H groups in total. The molecule has 0 radical (unpaired) electrons. The van der Waals surface area contributed by atoms with Crippen molar-refractivity contribution >= 4 is 41.6 Å². The number of rotatable bonds is 6. The zero-order valence-electron chi connectivity index (χ0n) is 20.2. The van der Waals surface area contributed by atoms with Crippen LogP contribution in [0.2, 0.25) is 0 Å². The third kappa shape index (κ3) is 7.73. The SMILES string of the molecule is COc1ccc(Nc2nc(N3CCCCC3)nc(N3CCC[C@@H](N)C3)n2)c([N+](=O)[O-])c1.Cl.N.N.N.[HH].[HH].[HH]. The van der Waals surface area contributed by atoms with E-state index < -0.39 is 4.92 Å². The summed E-state index contributed by atoms with van der Waals surface area (Å²) in [5.74, 6) is 1.81. The van der Waals surface area contributed by atoms with Crippen LogP contribution in [0, 0.1) is 10.1 Å². The van der Waals surface area contributed by atoms with E-state index in [4.69, 9.17) is 15.5 Å². The van der Waals surface area contributed by atoms with Gasteiger partial charge >= 0.3 is 0 Å². The summed E-state index contributed by atoms with van der Waals surface area (Å²) in [4.78, 5) is 29.2. The van der Waals surface area contributed by atoms with E-state index in [1.807, 2.05) is 0 Å². The van der Waals surface area contributed by atoms with Crippen molar-refractivity contribution in [2.45, 2.75) is 38.1 Å². The van der Waals surface area contributed by atoms with Gasteiger partial charge < -0.3 is 44.0 Å². The maximum Gasteiger partial charge on any atom is 0.296 e. The van der Waals surface area contributed by atoms with Gasteiger partial charge in [-0.25, -0.2) is 0 Å². The van der Waals surface area contributed by atoms with Gasteiger partial charge in [-0.15, -0.1) is 12.4 Å². The first-order chi connectivity index (χ1) is 15.0. The van der Waals surface area contributed by atoms with Crippen LogP contribution in [0.4, 0.5) is 29.2 Å². The third-order valence-corrected chi connectivity index (χ3v) is 5.64. The summed E-state index contributed by atoms with van der Waals surface area (Å²) in [6.07, 6.45) is 5.31. The number of nitrogens with two attached hydrogens (primary N) is 1. The van der Waals surface area contributed by atoms with Crippen LogP contribution < -0.4 is 44.0 Å². The van der Waals surface area contributed by atoms with Crippen molar-refractivity contribution in [1.29, 1.82) is 0 Å². The Bertz CT molecular complexity index is 962. The lowest BCUT2D eigenvalue weighted by molar-refractivity contribution is -0.384. The molecular weight excluding hydrogens is 478 g/mol. The van der Waals surface area contributed by atoms with Gasteiger partial charge in [0.2, 0.25) is 17.8 Å². The normalized spacial score (nSPS) is 17.0. The fraction of sp³-hybridized carbons (Fsp3) is 0.550. The molecule has 0 unspecified atom stereocenters. The molecule has 3 heterocycles. The molecule has 1 aromatic carbocycles. The predicted octanol–water partition coefficient (Wildman–Crippen LogP) is 4.10. The van der Waals surface area contributed by atoms with Gasteiger partial charge in [0.1, 0.15) is 11.4 Å². The average molecular weight is 522 g/mol. The molecule has 204 valence electrons. The smallest absolute Gasteiger partial charge is 0.296 e. The van der Waals surface area contributed by atoms with Gasteiger partial charge in [0, 0.05) is 36.5 Å². The van der Waals surface area contributed by atoms with Crippen molar-refractivity contribution in [2.24, 2.45) is 5.73 Å². The summed E-state index contributed by atoms with van der Waals surface area (Å²) in [5.41, 5.74) is 6.34. The van der Waals surface area contributed by atoms with E-state index >= 15 is 0 Å². The Kier molecular flexibility index (Phi) is 13.1. The van der Waals surface area contributed by atoms with Crippen molar-refractivity contribution in [3.05, 3.63) is 28.3 Å². The van der Waals surface area contributed by atoms with Gasteiger partial charge in [-0.1, -0.05) is 0 Å². The van der Waals surface area contributed by atoms with Gasteiger partial charge in [-0.05, 0) is 44.2 Å². The van der Waals surface area contributed by atoms with Crippen LogP contribution in [0.15, 0.2) is 18.2 Å². The van der Waals surface area contributed by atoms with Gasteiger partial charge in [0.15, 0.2) is 0 Å². The van der Waals surface area contributed by atoms with Crippen molar-refractivity contribution in [2.75, 3.05) is 48.4 Å². The molecule has 35 heavy (non-hydrogen) atoms. The molecule has 1 aromatic heterocycles. The number of nitro benzene ring substituents is 1. The maximum atomic E-state index is 11.6. The molecule has 0 aliphatic carbocycles. The summed E-state index contributed by atoms with van der Waals surface area (Å²) in [7, 11) is 1.47. The molecule has 14 nitrogen and oxygen atoms in total. The van der Waals surface area contributed by atoms with Gasteiger partial charge in [0.25, 0.3) is 5.69 Å². The number of ether oxygens (including phenoxy) is 1. The van der Waals surface area contributed by atoms with Crippen molar-refractivity contribution < 1.29 is 13.9 Å². The van der Waals surface area contributed by atoms with Crippen molar-refractivity contribution in [1.82, 2.24) is 33.4 Å². The van der Waals surface area contributed by atoms with E-state index in [2.05, 4.69) is 25.1 Å². The van der Waals surface area contributed by atoms with Crippen LogP contribution in [0.1, 0.15) is 36.4 Å². The summed E-state index contributed by atoms with van der Waals surface area (Å²) in [6, 6.07) is 4.70. The molecule has 2 aliphatic heterocycles. The number of nitrogens with one attached hydrogen (secondary N) is 1. The first-order valence-corrected chi connectivity index (χ1v) is 10.6. The molecule has 4 rings (SSSR count). The molecule has 0 bridgehead atoms. The third-order valence-electron chi connectivity index (χ3n) is 5.64. The van der Waals surface area contributed by atoms with E-state index in [-0.39, 0.29) is 52.8 Å². The molecule has 0 spiro atoms. The number of methoxy groups -OCH3 is 1. The standard InChI is InChI=1S/C20H28N8O3.ClH.3H3N.3H2/c1-31-15-7-8-16(17(12-15)28(29)30)22-18-23-19(26-9-3-2-4-10-26)25-20(24-18)27-11-5-6-14(21)13-27;;;;;;;/h7-8,12,14H,2-6,9-11,13,21H2,1H3,(H,22,23,24,25);1H;3*1H3;3*1H/t14-;;;;;;;/m1......./s1. The summed E-state index contributed by atoms with van der Waals surface area (Å²) in [5, 5.41) is 14.6. The minimum absolute atomic E-state index is 0. The highest BCUT2D eigenvalue weighted by Gasteiger charge is 2.24. The Morgan fingerprint density at radius 2 is 1.69 bits per heavy atom. The van der Waals surface area contributed by atoms with E-state index in [0.717, 1.165) is 45.3 Å². The number of piperidine rings is 2. The number of benzene rings is 1. The van der Waals surface area contributed by atoms with E-state index in [9.17, 15) is 10.1 Å². The number of anilines is 4. The van der Waals surface area contributed by atoms with Gasteiger partial charge in [-0.2, -0.15) is 15.0 Å². The highest BCUT2D eigenvalue weighted by molar-refractivity contribution is 5.85. The highest BCUT2D eigenvalue weighted by Crippen LogP contribution is 2.31. The molecule has 15 heteroatoms. The molecule has 2 aliphatic rings. The zero-order chi connectivity index (χ0) is 21.8. The molecule has 0 saturated carbocycles. The fourth-order valence-electron chi connectivity index (χ4n) is 3.99. The lowest BCUT2D eigenvalue weighted by Gasteiger charge is -2.32. The molecular formula is C20H44ClN11O3. The van der Waals surface area contributed by atoms with E-state index in [0.29, 0.717) is 29.9 Å². The molecule has 2 fully saturated rings. The summed E-state index contributed by atoms with van der Waals surface area (Å²) in [6.45, 7) is 3.25. The minimum Gasteiger partial charge on any atom is -0.496 e. The first-order valence-electron chi connectivity index (χ1n) is 10.6. The molecule has 1 atom stereocenters. The predicted molar refractivity (Wildman–Crippen MR) is 147 cm³/mol. The molecule has 2 saturated heterocycles. The second-order valence-corrected chi connectivity index (χ2v) is 7.92. The van der Waals surface area contributed by atoms with E-state index in [1.165, 1.54) is 19.6 Å². The topological polar surface area (TPSA) is 241 Å². The monoisotopic (exact) mass is 521 g/mol. The van der Waals surface area contributed by atoms with Crippen LogP contribution >= 0.6 is 12.4 Å². The van der Waals surface area contributed by atoms with Crippen molar-refractivity contribution in [3.8, 4) is 5.75 Å². The zero-order valence-corrected chi connectivity index (χ0v) is 21.0. The first kappa shape index (κ1) is 32.0. The number of aromatic nitrogens is 3. The van der Waals surface area contributed by atoms with Crippen LogP contribution in [0.5, 0.6) is 5.75 Å². The Labute approximate surface area is 215 Å². The molecule has 2 aromatic rings. The quantitative estimate of drug-likeness (QED) is 0.265. The minimum atomic E-state index is -0.456. The average Bonchev–Trinajstić information content (AvgIpc) is 2.79. The molecule has 0 amide bonds. The van der Waals surface area contributed by atoms with Crippen LogP contribution in [0.3, 0.4) is 0 Å². The Morgan fingerprint density at radius 3 is 2.29 bits per heavy atom. The van der Waals surface area contributed by atoms with Crippen LogP contribution in [0.25, 0.3) is 0 Å². The lowest BCUT2D eigenvalue weighted by Crippen LogP contribution is -2.44. The Balaban J connectivity index is -0.000000826. The number of halogens is 1. The fourth-order valence-corrected chi connectivity index (χ4v) is 3.99. The number of nitrogens with zero attached hydrogens (tertiary/aromatic N) is 6. The largest absolute Gasteiger partial charge is 0.496 e. The number of hydrogen-bond acceptors (Lipinski definition) is 13.